The monoisotopic (exact) mass is 440 g/mol. The van der Waals surface area contributed by atoms with Crippen LogP contribution in [0, 0.1) is 0 Å². The molecule has 1 aliphatic heterocycles. The van der Waals surface area contributed by atoms with E-state index in [1.165, 1.54) is 16.7 Å². The second-order valence-corrected chi connectivity index (χ2v) is 8.32. The smallest absolute Gasteiger partial charge is 0.326 e. The summed E-state index contributed by atoms with van der Waals surface area (Å²) in [4.78, 5) is 38.3. The average molecular weight is 441 g/mol. The van der Waals surface area contributed by atoms with Crippen molar-refractivity contribution in [1.29, 1.82) is 0 Å². The van der Waals surface area contributed by atoms with Gasteiger partial charge in [0.1, 0.15) is 10.4 Å². The number of benzene rings is 2. The van der Waals surface area contributed by atoms with Crippen molar-refractivity contribution in [2.75, 3.05) is 6.54 Å². The van der Waals surface area contributed by atoms with Crippen molar-refractivity contribution in [3.8, 4) is 0 Å². The summed E-state index contributed by atoms with van der Waals surface area (Å²) in [7, 11) is 0. The van der Waals surface area contributed by atoms with E-state index < -0.39 is 17.9 Å². The van der Waals surface area contributed by atoms with Crippen LogP contribution in [0.2, 0.25) is 0 Å². The molecule has 0 bridgehead atoms. The lowest BCUT2D eigenvalue weighted by molar-refractivity contribution is -0.141. The van der Waals surface area contributed by atoms with E-state index in [2.05, 4.69) is 5.32 Å². The molecule has 30 heavy (non-hydrogen) atoms. The highest BCUT2D eigenvalue weighted by Gasteiger charge is 2.32. The highest BCUT2D eigenvalue weighted by atomic mass is 32.2. The number of carbonyl (C=O) groups is 3. The fraction of sp³-hybridized carbons (Fsp3) is 0.182. The number of thiocarbonyl (C=S) groups is 1. The molecule has 0 aromatic heterocycles. The van der Waals surface area contributed by atoms with Crippen molar-refractivity contribution in [2.24, 2.45) is 0 Å². The zero-order valence-corrected chi connectivity index (χ0v) is 17.6. The number of nitrogens with zero attached hydrogens (tertiary/aromatic N) is 1. The van der Waals surface area contributed by atoms with Crippen LogP contribution in [-0.2, 0) is 20.8 Å². The highest BCUT2D eigenvalue weighted by molar-refractivity contribution is 8.26. The van der Waals surface area contributed by atoms with Crippen LogP contribution in [0.15, 0.2) is 65.6 Å². The number of thioether (sulfide) groups is 1. The molecule has 0 aliphatic carbocycles. The van der Waals surface area contributed by atoms with Crippen LogP contribution < -0.4 is 5.32 Å². The van der Waals surface area contributed by atoms with Gasteiger partial charge in [-0.2, -0.15) is 0 Å². The van der Waals surface area contributed by atoms with Gasteiger partial charge in [-0.3, -0.25) is 14.5 Å². The molecule has 3 rings (SSSR count). The third-order valence-corrected chi connectivity index (χ3v) is 5.83. The lowest BCUT2D eigenvalue weighted by Crippen LogP contribution is -2.43. The van der Waals surface area contributed by atoms with Gasteiger partial charge in [0, 0.05) is 19.4 Å². The predicted octanol–water partition coefficient (Wildman–Crippen LogP) is 3.09. The summed E-state index contributed by atoms with van der Waals surface area (Å²) < 4.78 is 0.383. The molecule has 0 radical (unpaired) electrons. The highest BCUT2D eigenvalue weighted by Crippen LogP contribution is 2.32. The molecule has 0 spiro atoms. The number of rotatable bonds is 8. The predicted molar refractivity (Wildman–Crippen MR) is 121 cm³/mol. The van der Waals surface area contributed by atoms with Gasteiger partial charge in [0.05, 0.1) is 4.91 Å². The van der Waals surface area contributed by atoms with E-state index in [0.717, 1.165) is 11.1 Å². The summed E-state index contributed by atoms with van der Waals surface area (Å²) >= 11 is 6.47. The zero-order chi connectivity index (χ0) is 21.5. The Bertz CT molecular complexity index is 977. The maximum atomic E-state index is 12.6. The lowest BCUT2D eigenvalue weighted by Gasteiger charge is -2.17. The normalized spacial score (nSPS) is 16.0. The Morgan fingerprint density at radius 1 is 1.10 bits per heavy atom. The molecule has 1 unspecified atom stereocenters. The number of hydrogen-bond acceptors (Lipinski definition) is 5. The van der Waals surface area contributed by atoms with Gasteiger partial charge in [-0.25, -0.2) is 4.79 Å². The van der Waals surface area contributed by atoms with Gasteiger partial charge in [-0.15, -0.1) is 0 Å². The first-order valence-electron chi connectivity index (χ1n) is 9.30. The lowest BCUT2D eigenvalue weighted by atomic mass is 10.1. The third kappa shape index (κ3) is 5.77. The van der Waals surface area contributed by atoms with Crippen molar-refractivity contribution in [1.82, 2.24) is 10.2 Å². The minimum absolute atomic E-state index is 0.0381. The fourth-order valence-corrected chi connectivity index (χ4v) is 4.23. The van der Waals surface area contributed by atoms with Crippen LogP contribution in [0.25, 0.3) is 6.08 Å². The van der Waals surface area contributed by atoms with E-state index in [1.807, 2.05) is 48.5 Å². The first-order valence-corrected chi connectivity index (χ1v) is 10.5. The molecule has 0 saturated carbocycles. The topological polar surface area (TPSA) is 86.7 Å². The van der Waals surface area contributed by atoms with Gasteiger partial charge in [-0.05, 0) is 17.2 Å². The Kier molecular flexibility index (Phi) is 7.37. The third-order valence-electron chi connectivity index (χ3n) is 4.45. The Balaban J connectivity index is 1.57. The van der Waals surface area contributed by atoms with Crippen molar-refractivity contribution in [3.63, 3.8) is 0 Å². The molecule has 2 aromatic rings. The standard InChI is InChI=1S/C22H20N2O4S2/c25-19(23-17(21(27)28)13-15-7-3-1-4-8-15)11-12-24-20(26)18(30-22(24)29)14-16-9-5-2-6-10-16/h1-10,14,17H,11-13H2,(H,23,25)(H,27,28). The van der Waals surface area contributed by atoms with Crippen LogP contribution >= 0.6 is 24.0 Å². The Morgan fingerprint density at radius 3 is 2.37 bits per heavy atom. The second-order valence-electron chi connectivity index (χ2n) is 6.64. The molecule has 1 fully saturated rings. The first-order chi connectivity index (χ1) is 14.4. The van der Waals surface area contributed by atoms with Crippen molar-refractivity contribution in [2.45, 2.75) is 18.9 Å². The maximum absolute atomic E-state index is 12.6. The number of aliphatic carboxylic acids is 1. The largest absolute Gasteiger partial charge is 0.480 e. The van der Waals surface area contributed by atoms with Gasteiger partial charge >= 0.3 is 5.97 Å². The summed E-state index contributed by atoms with van der Waals surface area (Å²) in [5, 5.41) is 11.9. The fourth-order valence-electron chi connectivity index (χ4n) is 2.92. The van der Waals surface area contributed by atoms with Crippen molar-refractivity contribution >= 4 is 52.2 Å². The van der Waals surface area contributed by atoms with Gasteiger partial charge in [-0.1, -0.05) is 84.6 Å². The van der Waals surface area contributed by atoms with Crippen molar-refractivity contribution < 1.29 is 19.5 Å². The van der Waals surface area contributed by atoms with Crippen molar-refractivity contribution in [3.05, 3.63) is 76.7 Å². The molecule has 2 aromatic carbocycles. The SMILES string of the molecule is O=C(CCN1C(=O)C(=Cc2ccccc2)SC1=S)NC(Cc1ccccc1)C(=O)O. The van der Waals surface area contributed by atoms with Gasteiger partial charge in [0.2, 0.25) is 5.91 Å². The van der Waals surface area contributed by atoms with Crippen LogP contribution in [-0.4, -0.2) is 44.7 Å². The van der Waals surface area contributed by atoms with E-state index in [1.54, 1.807) is 18.2 Å². The quantitative estimate of drug-likeness (QED) is 0.485. The zero-order valence-electron chi connectivity index (χ0n) is 16.0. The molecule has 1 atom stereocenters. The van der Waals surface area contributed by atoms with E-state index in [-0.39, 0.29) is 25.3 Å². The number of amides is 2. The van der Waals surface area contributed by atoms with Gasteiger partial charge in [0.25, 0.3) is 5.91 Å². The summed E-state index contributed by atoms with van der Waals surface area (Å²) in [6.45, 7) is 0.0975. The van der Waals surface area contributed by atoms with Crippen LogP contribution in [0.5, 0.6) is 0 Å². The molecule has 1 heterocycles. The summed E-state index contributed by atoms with van der Waals surface area (Å²) in [6.07, 6.45) is 1.91. The Hall–Kier alpha value is -2.97. The van der Waals surface area contributed by atoms with E-state index >= 15 is 0 Å². The van der Waals surface area contributed by atoms with E-state index in [4.69, 9.17) is 12.2 Å². The summed E-state index contributed by atoms with van der Waals surface area (Å²) in [5.74, 6) is -1.80. The molecular formula is C22H20N2O4S2. The molecule has 2 amide bonds. The van der Waals surface area contributed by atoms with E-state index in [0.29, 0.717) is 9.23 Å². The second kappa shape index (κ2) is 10.2. The molecule has 6 nitrogen and oxygen atoms in total. The first kappa shape index (κ1) is 21.7. The number of carboxylic acids is 1. The molecular weight excluding hydrogens is 420 g/mol. The molecule has 1 saturated heterocycles. The van der Waals surface area contributed by atoms with E-state index in [9.17, 15) is 19.5 Å². The maximum Gasteiger partial charge on any atom is 0.326 e. The average Bonchev–Trinajstić information content (AvgIpc) is 3.00. The van der Waals surface area contributed by atoms with Crippen LogP contribution in [0.4, 0.5) is 0 Å². The number of carbonyl (C=O) groups excluding carboxylic acids is 2. The summed E-state index contributed by atoms with van der Waals surface area (Å²) in [5.41, 5.74) is 1.70. The van der Waals surface area contributed by atoms with Crippen LogP contribution in [0.3, 0.4) is 0 Å². The molecule has 154 valence electrons. The molecule has 2 N–H and O–H groups in total. The van der Waals surface area contributed by atoms with Crippen LogP contribution in [0.1, 0.15) is 17.5 Å². The minimum atomic E-state index is -1.11. The van der Waals surface area contributed by atoms with Gasteiger partial charge in [0.15, 0.2) is 0 Å². The molecule has 8 heteroatoms. The minimum Gasteiger partial charge on any atom is -0.480 e. The summed E-state index contributed by atoms with van der Waals surface area (Å²) in [6, 6.07) is 17.5. The Labute approximate surface area is 184 Å². The molecule has 1 aliphatic rings. The Morgan fingerprint density at radius 2 is 1.73 bits per heavy atom. The number of hydrogen-bond donors (Lipinski definition) is 2. The number of carboxylic acid groups (broad SMARTS) is 1. The van der Waals surface area contributed by atoms with Gasteiger partial charge < -0.3 is 10.4 Å². The number of nitrogens with one attached hydrogen (secondary N) is 1.